The smallest absolute Gasteiger partial charge is 0.373 e. The van der Waals surface area contributed by atoms with Crippen LogP contribution in [0.1, 0.15) is 31.1 Å². The zero-order valence-electron chi connectivity index (χ0n) is 13.0. The highest BCUT2D eigenvalue weighted by Crippen LogP contribution is 2.28. The van der Waals surface area contributed by atoms with Crippen LogP contribution in [0.25, 0.3) is 5.82 Å². The van der Waals surface area contributed by atoms with Crippen LogP contribution in [0.5, 0.6) is 5.75 Å². The molecule has 0 N–H and O–H groups in total. The maximum Gasteiger partial charge on any atom is 0.373 e. The Morgan fingerprint density at radius 1 is 1.35 bits per heavy atom. The van der Waals surface area contributed by atoms with Crippen molar-refractivity contribution >= 4 is 22.1 Å². The van der Waals surface area contributed by atoms with E-state index in [1.807, 2.05) is 19.9 Å². The molecular weight excluding hydrogens is 364 g/mol. The summed E-state index contributed by atoms with van der Waals surface area (Å²) in [5.41, 5.74) is 1.31. The average molecular weight is 379 g/mol. The van der Waals surface area contributed by atoms with E-state index >= 15 is 0 Å². The third-order valence-corrected chi connectivity index (χ3v) is 3.44. The minimum atomic E-state index is 0.250. The lowest BCUT2D eigenvalue weighted by atomic mass is 10.3. The fourth-order valence-corrected chi connectivity index (χ4v) is 2.39. The van der Waals surface area contributed by atoms with E-state index in [0.29, 0.717) is 23.7 Å². The van der Waals surface area contributed by atoms with Gasteiger partial charge in [0.15, 0.2) is 11.6 Å². The molecule has 0 radical (unpaired) electrons. The maximum atomic E-state index is 9.43. The van der Waals surface area contributed by atoms with E-state index in [0.717, 1.165) is 22.4 Å². The van der Waals surface area contributed by atoms with Gasteiger partial charge in [0, 0.05) is 17.1 Å². The fraction of sp³-hybridized carbons (Fsp3) is 0.333. The first kappa shape index (κ1) is 18.6. The van der Waals surface area contributed by atoms with Crippen molar-refractivity contribution in [3.05, 3.63) is 33.9 Å². The summed E-state index contributed by atoms with van der Waals surface area (Å²) in [6.07, 6.45) is 3.36. The van der Waals surface area contributed by atoms with E-state index in [1.165, 1.54) is 0 Å². The number of aromatic nitrogens is 3. The molecule has 2 aromatic rings. The fourth-order valence-electron chi connectivity index (χ4n) is 2.07. The van der Waals surface area contributed by atoms with Gasteiger partial charge >= 0.3 is 6.15 Å². The van der Waals surface area contributed by atoms with Gasteiger partial charge in [0.05, 0.1) is 12.8 Å². The van der Waals surface area contributed by atoms with Crippen LogP contribution in [0.4, 0.5) is 0 Å². The normalized spacial score (nSPS) is 9.35. The van der Waals surface area contributed by atoms with E-state index in [2.05, 4.69) is 32.0 Å². The van der Waals surface area contributed by atoms with E-state index in [1.54, 1.807) is 17.9 Å². The SMILES string of the molecule is CCc1nc(CC)n(-c2ncc(Br)cc2OC)c1C#N.O=C=O. The summed E-state index contributed by atoms with van der Waals surface area (Å²) in [4.78, 5) is 25.2. The molecule has 0 atom stereocenters. The van der Waals surface area contributed by atoms with Gasteiger partial charge in [0.2, 0.25) is 0 Å². The molecule has 0 unspecified atom stereocenters. The van der Waals surface area contributed by atoms with Crippen LogP contribution in [0.2, 0.25) is 0 Å². The number of hydrogen-bond acceptors (Lipinski definition) is 6. The van der Waals surface area contributed by atoms with Crippen molar-refractivity contribution in [2.75, 3.05) is 7.11 Å². The predicted octanol–water partition coefficient (Wildman–Crippen LogP) is 2.45. The standard InChI is InChI=1S/C14H15BrN4O.CO2/c1-4-10-11(7-16)19(13(5-2)18-10)14-12(20-3)6-9(15)8-17-14;2-1-3/h6,8H,4-5H2,1-3H3;. The first-order chi connectivity index (χ1) is 11.1. The number of nitrogens with zero attached hydrogens (tertiary/aromatic N) is 4. The number of aryl methyl sites for hydroxylation is 2. The van der Waals surface area contributed by atoms with E-state index < -0.39 is 0 Å². The molecule has 0 spiro atoms. The zero-order valence-corrected chi connectivity index (χ0v) is 14.5. The van der Waals surface area contributed by atoms with Crippen LogP contribution in [-0.4, -0.2) is 27.8 Å². The van der Waals surface area contributed by atoms with Gasteiger partial charge in [-0.15, -0.1) is 0 Å². The number of rotatable bonds is 4. The Morgan fingerprint density at radius 2 is 2.00 bits per heavy atom. The minimum absolute atomic E-state index is 0.250. The Hall–Kier alpha value is -2.49. The van der Waals surface area contributed by atoms with Crippen molar-refractivity contribution < 1.29 is 14.3 Å². The van der Waals surface area contributed by atoms with Crippen molar-refractivity contribution in [1.29, 1.82) is 5.26 Å². The Balaban J connectivity index is 0.000000816. The van der Waals surface area contributed by atoms with E-state index in [9.17, 15) is 5.26 Å². The number of ether oxygens (including phenoxy) is 1. The van der Waals surface area contributed by atoms with Gasteiger partial charge in [0.1, 0.15) is 17.6 Å². The molecule has 2 heterocycles. The molecule has 0 aliphatic carbocycles. The third kappa shape index (κ3) is 4.03. The number of carbonyl (C=O) groups excluding carboxylic acids is 2. The molecule has 0 saturated heterocycles. The Labute approximate surface area is 142 Å². The molecule has 0 saturated carbocycles. The minimum Gasteiger partial charge on any atom is -0.493 e. The van der Waals surface area contributed by atoms with E-state index in [4.69, 9.17) is 14.3 Å². The second-order valence-corrected chi connectivity index (χ2v) is 5.16. The second-order valence-electron chi connectivity index (χ2n) is 4.24. The van der Waals surface area contributed by atoms with Crippen molar-refractivity contribution in [2.45, 2.75) is 26.7 Å². The highest BCUT2D eigenvalue weighted by molar-refractivity contribution is 9.10. The van der Waals surface area contributed by atoms with Crippen molar-refractivity contribution in [3.63, 3.8) is 0 Å². The Bertz CT molecular complexity index is 759. The second kappa shape index (κ2) is 8.83. The quantitative estimate of drug-likeness (QED) is 0.810. The number of imidazole rings is 1. The van der Waals surface area contributed by atoms with Gasteiger partial charge in [-0.25, -0.2) is 9.97 Å². The summed E-state index contributed by atoms with van der Waals surface area (Å²) >= 11 is 3.37. The molecule has 0 aliphatic rings. The summed E-state index contributed by atoms with van der Waals surface area (Å²) < 4.78 is 7.98. The molecule has 8 heteroatoms. The highest BCUT2D eigenvalue weighted by Gasteiger charge is 2.20. The van der Waals surface area contributed by atoms with Crippen molar-refractivity contribution in [2.24, 2.45) is 0 Å². The summed E-state index contributed by atoms with van der Waals surface area (Å²) in [5, 5.41) is 9.43. The van der Waals surface area contributed by atoms with Crippen molar-refractivity contribution in [3.8, 4) is 17.6 Å². The molecule has 7 nitrogen and oxygen atoms in total. The molecule has 0 amide bonds. The van der Waals surface area contributed by atoms with Crippen LogP contribution in [0.3, 0.4) is 0 Å². The first-order valence-electron chi connectivity index (χ1n) is 6.77. The van der Waals surface area contributed by atoms with Gasteiger partial charge in [-0.3, -0.25) is 4.57 Å². The zero-order chi connectivity index (χ0) is 17.4. The van der Waals surface area contributed by atoms with Crippen LogP contribution in [-0.2, 0) is 22.4 Å². The molecule has 23 heavy (non-hydrogen) atoms. The third-order valence-electron chi connectivity index (χ3n) is 3.01. The summed E-state index contributed by atoms with van der Waals surface area (Å²) in [6, 6.07) is 4.06. The van der Waals surface area contributed by atoms with Gasteiger partial charge in [-0.1, -0.05) is 13.8 Å². The van der Waals surface area contributed by atoms with Crippen molar-refractivity contribution in [1.82, 2.24) is 14.5 Å². The predicted molar refractivity (Wildman–Crippen MR) is 84.1 cm³/mol. The molecular formula is C15H15BrN4O3. The van der Waals surface area contributed by atoms with Crippen LogP contribution < -0.4 is 4.74 Å². The first-order valence-corrected chi connectivity index (χ1v) is 7.56. The Kier molecular flexibility index (Phi) is 7.13. The Morgan fingerprint density at radius 3 is 2.48 bits per heavy atom. The lowest BCUT2D eigenvalue weighted by molar-refractivity contribution is -0.191. The average Bonchev–Trinajstić information content (AvgIpc) is 2.92. The molecule has 2 aromatic heterocycles. The number of methoxy groups -OCH3 is 1. The lowest BCUT2D eigenvalue weighted by Gasteiger charge is -2.11. The van der Waals surface area contributed by atoms with Crippen LogP contribution in [0, 0.1) is 11.3 Å². The number of pyridine rings is 1. The number of hydrogen-bond donors (Lipinski definition) is 0. The lowest BCUT2D eigenvalue weighted by Crippen LogP contribution is -2.07. The molecule has 0 fully saturated rings. The van der Waals surface area contributed by atoms with Gasteiger partial charge in [0.25, 0.3) is 0 Å². The summed E-state index contributed by atoms with van der Waals surface area (Å²) in [5.74, 6) is 2.01. The molecule has 120 valence electrons. The summed E-state index contributed by atoms with van der Waals surface area (Å²) in [6.45, 7) is 3.99. The van der Waals surface area contributed by atoms with Gasteiger partial charge in [-0.05, 0) is 28.4 Å². The molecule has 0 aromatic carbocycles. The highest BCUT2D eigenvalue weighted by atomic mass is 79.9. The monoisotopic (exact) mass is 378 g/mol. The summed E-state index contributed by atoms with van der Waals surface area (Å²) in [7, 11) is 1.59. The van der Waals surface area contributed by atoms with Gasteiger partial charge in [-0.2, -0.15) is 14.9 Å². The molecule has 0 bridgehead atoms. The number of halogens is 1. The van der Waals surface area contributed by atoms with E-state index in [-0.39, 0.29) is 6.15 Å². The van der Waals surface area contributed by atoms with Gasteiger partial charge < -0.3 is 4.74 Å². The molecule has 0 aliphatic heterocycles. The topological polar surface area (TPSA) is 97.9 Å². The largest absolute Gasteiger partial charge is 0.493 e. The number of nitriles is 1. The molecule has 2 rings (SSSR count). The maximum absolute atomic E-state index is 9.43. The van der Waals surface area contributed by atoms with Crippen LogP contribution in [0.15, 0.2) is 16.7 Å². The van der Waals surface area contributed by atoms with Crippen LogP contribution >= 0.6 is 15.9 Å².